The van der Waals surface area contributed by atoms with E-state index in [2.05, 4.69) is 4.37 Å². The topological polar surface area (TPSA) is 50.2 Å². The Labute approximate surface area is 103 Å². The van der Waals surface area contributed by atoms with Crippen molar-refractivity contribution in [2.45, 2.75) is 31.1 Å². The van der Waals surface area contributed by atoms with Crippen LogP contribution in [0.25, 0.3) is 10.1 Å². The number of aliphatic carboxylic acids is 1. The third-order valence-electron chi connectivity index (χ3n) is 3.76. The molecule has 1 saturated carbocycles. The first-order valence-electron chi connectivity index (χ1n) is 5.81. The summed E-state index contributed by atoms with van der Waals surface area (Å²) in [5, 5.41) is 10.7. The van der Waals surface area contributed by atoms with Crippen molar-refractivity contribution in [3.8, 4) is 0 Å². The molecule has 0 bridgehead atoms. The van der Waals surface area contributed by atoms with Crippen molar-refractivity contribution in [1.29, 1.82) is 0 Å². The fourth-order valence-electron chi connectivity index (χ4n) is 2.85. The third-order valence-corrected chi connectivity index (χ3v) is 4.61. The van der Waals surface area contributed by atoms with Crippen molar-refractivity contribution in [2.75, 3.05) is 0 Å². The Morgan fingerprint density at radius 2 is 2.12 bits per heavy atom. The van der Waals surface area contributed by atoms with Gasteiger partial charge >= 0.3 is 5.97 Å². The first-order chi connectivity index (χ1) is 8.24. The van der Waals surface area contributed by atoms with Gasteiger partial charge in [-0.25, -0.2) is 0 Å². The van der Waals surface area contributed by atoms with Gasteiger partial charge < -0.3 is 5.11 Å². The molecular formula is C13H13NO2S. The molecule has 0 amide bonds. The molecule has 1 N–H and O–H groups in total. The van der Waals surface area contributed by atoms with Gasteiger partial charge in [0.25, 0.3) is 0 Å². The van der Waals surface area contributed by atoms with E-state index in [9.17, 15) is 9.90 Å². The average molecular weight is 247 g/mol. The second kappa shape index (κ2) is 3.81. The van der Waals surface area contributed by atoms with Crippen LogP contribution in [0.2, 0.25) is 0 Å². The molecule has 0 aliphatic heterocycles. The smallest absolute Gasteiger partial charge is 0.314 e. The number of rotatable bonds is 2. The van der Waals surface area contributed by atoms with E-state index >= 15 is 0 Å². The largest absolute Gasteiger partial charge is 0.481 e. The molecule has 17 heavy (non-hydrogen) atoms. The Morgan fingerprint density at radius 1 is 1.35 bits per heavy atom. The molecule has 3 nitrogen and oxygen atoms in total. The quantitative estimate of drug-likeness (QED) is 0.886. The van der Waals surface area contributed by atoms with E-state index in [0.717, 1.165) is 41.3 Å². The van der Waals surface area contributed by atoms with Gasteiger partial charge in [-0.05, 0) is 29.9 Å². The number of aromatic nitrogens is 1. The van der Waals surface area contributed by atoms with E-state index in [0.29, 0.717) is 0 Å². The van der Waals surface area contributed by atoms with E-state index in [1.807, 2.05) is 24.4 Å². The van der Waals surface area contributed by atoms with Crippen LogP contribution in [-0.2, 0) is 10.2 Å². The number of carboxylic acid groups (broad SMARTS) is 1. The Hall–Kier alpha value is -1.42. The SMILES string of the molecule is O=C(O)C1(c2cccc3cnsc23)CCCC1. The molecule has 1 aromatic heterocycles. The highest BCUT2D eigenvalue weighted by molar-refractivity contribution is 7.13. The highest BCUT2D eigenvalue weighted by Crippen LogP contribution is 2.44. The van der Waals surface area contributed by atoms with Crippen LogP contribution in [0.3, 0.4) is 0 Å². The zero-order valence-electron chi connectivity index (χ0n) is 9.35. The van der Waals surface area contributed by atoms with Crippen molar-refractivity contribution in [3.05, 3.63) is 30.0 Å². The first-order valence-corrected chi connectivity index (χ1v) is 6.59. The lowest BCUT2D eigenvalue weighted by molar-refractivity contribution is -0.143. The van der Waals surface area contributed by atoms with Gasteiger partial charge in [0.05, 0.1) is 10.1 Å². The maximum atomic E-state index is 11.7. The number of carboxylic acids is 1. The van der Waals surface area contributed by atoms with Gasteiger partial charge in [-0.2, -0.15) is 4.37 Å². The van der Waals surface area contributed by atoms with Gasteiger partial charge in [0.1, 0.15) is 0 Å². The van der Waals surface area contributed by atoms with Crippen LogP contribution in [0, 0.1) is 0 Å². The van der Waals surface area contributed by atoms with Gasteiger partial charge in [-0.1, -0.05) is 31.0 Å². The van der Waals surface area contributed by atoms with E-state index in [-0.39, 0.29) is 0 Å². The van der Waals surface area contributed by atoms with Crippen molar-refractivity contribution in [3.63, 3.8) is 0 Å². The highest BCUT2D eigenvalue weighted by Gasteiger charge is 2.44. The number of carbonyl (C=O) groups is 1. The first kappa shape index (κ1) is 10.7. The number of hydrogen-bond donors (Lipinski definition) is 1. The van der Waals surface area contributed by atoms with Gasteiger partial charge in [0.15, 0.2) is 0 Å². The standard InChI is InChI=1S/C13H13NO2S/c15-12(16)13(6-1-2-7-13)10-5-3-4-9-8-14-17-11(9)10/h3-5,8H,1-2,6-7H2,(H,15,16). The zero-order chi connectivity index (χ0) is 11.9. The number of nitrogens with zero attached hydrogens (tertiary/aromatic N) is 1. The molecule has 0 unspecified atom stereocenters. The summed E-state index contributed by atoms with van der Waals surface area (Å²) < 4.78 is 5.21. The van der Waals surface area contributed by atoms with Crippen LogP contribution < -0.4 is 0 Å². The fraction of sp³-hybridized carbons (Fsp3) is 0.385. The molecular weight excluding hydrogens is 234 g/mol. The summed E-state index contributed by atoms with van der Waals surface area (Å²) in [5.74, 6) is -0.684. The summed E-state index contributed by atoms with van der Waals surface area (Å²) in [6.45, 7) is 0. The number of hydrogen-bond acceptors (Lipinski definition) is 3. The van der Waals surface area contributed by atoms with Crippen LogP contribution in [-0.4, -0.2) is 15.4 Å². The monoisotopic (exact) mass is 247 g/mol. The van der Waals surface area contributed by atoms with E-state index in [1.54, 1.807) is 0 Å². The Kier molecular flexibility index (Phi) is 2.40. The zero-order valence-corrected chi connectivity index (χ0v) is 10.2. The normalized spacial score (nSPS) is 18.6. The molecule has 88 valence electrons. The Balaban J connectivity index is 2.25. The van der Waals surface area contributed by atoms with Crippen LogP contribution in [0.4, 0.5) is 0 Å². The lowest BCUT2D eigenvalue weighted by Crippen LogP contribution is -2.32. The molecule has 0 radical (unpaired) electrons. The predicted octanol–water partition coefficient (Wildman–Crippen LogP) is 3.19. The van der Waals surface area contributed by atoms with Crippen molar-refractivity contribution < 1.29 is 9.90 Å². The van der Waals surface area contributed by atoms with E-state index < -0.39 is 11.4 Å². The molecule has 4 heteroatoms. The summed E-state index contributed by atoms with van der Waals surface area (Å²) in [4.78, 5) is 11.7. The van der Waals surface area contributed by atoms with Crippen LogP contribution in [0.1, 0.15) is 31.2 Å². The van der Waals surface area contributed by atoms with Crippen molar-refractivity contribution in [1.82, 2.24) is 4.37 Å². The summed E-state index contributed by atoms with van der Waals surface area (Å²) >= 11 is 1.40. The summed E-state index contributed by atoms with van der Waals surface area (Å²) in [6.07, 6.45) is 5.32. The second-order valence-electron chi connectivity index (χ2n) is 4.64. The number of benzene rings is 1. The number of fused-ring (bicyclic) bond motifs is 1. The van der Waals surface area contributed by atoms with E-state index in [4.69, 9.17) is 0 Å². The lowest BCUT2D eigenvalue weighted by atomic mass is 9.78. The molecule has 0 spiro atoms. The molecule has 1 fully saturated rings. The average Bonchev–Trinajstić information content (AvgIpc) is 2.98. The summed E-state index contributed by atoms with van der Waals surface area (Å²) in [7, 11) is 0. The van der Waals surface area contributed by atoms with Crippen molar-refractivity contribution in [2.24, 2.45) is 0 Å². The molecule has 0 atom stereocenters. The van der Waals surface area contributed by atoms with E-state index in [1.165, 1.54) is 11.5 Å². The molecule has 2 aromatic rings. The van der Waals surface area contributed by atoms with Crippen LogP contribution >= 0.6 is 11.5 Å². The molecule has 0 saturated heterocycles. The minimum absolute atomic E-state index is 0.675. The predicted molar refractivity (Wildman–Crippen MR) is 67.4 cm³/mol. The second-order valence-corrected chi connectivity index (χ2v) is 5.45. The van der Waals surface area contributed by atoms with Crippen LogP contribution in [0.15, 0.2) is 24.4 Å². The lowest BCUT2D eigenvalue weighted by Gasteiger charge is -2.24. The highest BCUT2D eigenvalue weighted by atomic mass is 32.1. The summed E-state index contributed by atoms with van der Waals surface area (Å²) in [6, 6.07) is 5.89. The molecule has 1 heterocycles. The van der Waals surface area contributed by atoms with Gasteiger partial charge in [0, 0.05) is 11.6 Å². The van der Waals surface area contributed by atoms with Gasteiger partial charge in [0.2, 0.25) is 0 Å². The minimum Gasteiger partial charge on any atom is -0.481 e. The molecule has 1 aliphatic rings. The Bertz CT molecular complexity index is 570. The third kappa shape index (κ3) is 1.47. The molecule has 3 rings (SSSR count). The summed E-state index contributed by atoms with van der Waals surface area (Å²) in [5.41, 5.74) is 0.286. The maximum Gasteiger partial charge on any atom is 0.314 e. The maximum absolute atomic E-state index is 11.7. The van der Waals surface area contributed by atoms with Gasteiger partial charge in [-0.3, -0.25) is 4.79 Å². The minimum atomic E-state index is -0.684. The van der Waals surface area contributed by atoms with Gasteiger partial charge in [-0.15, -0.1) is 0 Å². The fourth-order valence-corrected chi connectivity index (χ4v) is 3.71. The van der Waals surface area contributed by atoms with Crippen LogP contribution in [0.5, 0.6) is 0 Å². The molecule has 1 aliphatic carbocycles. The Morgan fingerprint density at radius 3 is 2.82 bits per heavy atom. The molecule has 1 aromatic carbocycles. The van der Waals surface area contributed by atoms with Crippen molar-refractivity contribution >= 4 is 27.6 Å².